The van der Waals surface area contributed by atoms with Crippen LogP contribution in [-0.2, 0) is 4.79 Å². The Labute approximate surface area is 125 Å². The molecule has 116 valence electrons. The van der Waals surface area contributed by atoms with Crippen LogP contribution in [0.5, 0.6) is 0 Å². The van der Waals surface area contributed by atoms with E-state index in [1.54, 1.807) is 6.07 Å². The maximum Gasteiger partial charge on any atom is 0.319 e. The van der Waals surface area contributed by atoms with Crippen LogP contribution in [0.4, 0.5) is 10.5 Å². The molecule has 0 bridgehead atoms. The monoisotopic (exact) mass is 292 g/mol. The highest BCUT2D eigenvalue weighted by molar-refractivity contribution is 5.89. The minimum atomic E-state index is -0.888. The molecule has 1 atom stereocenters. The summed E-state index contributed by atoms with van der Waals surface area (Å²) in [6.07, 6.45) is 0.507. The number of carboxylic acid groups (broad SMARTS) is 1. The second-order valence-electron chi connectivity index (χ2n) is 6.50. The average molecular weight is 292 g/mol. The number of amides is 2. The predicted octanol–water partition coefficient (Wildman–Crippen LogP) is 3.25. The molecule has 3 N–H and O–H groups in total. The number of carbonyl (C=O) groups excluding carboxylic acids is 1. The van der Waals surface area contributed by atoms with Gasteiger partial charge in [-0.3, -0.25) is 4.79 Å². The van der Waals surface area contributed by atoms with Gasteiger partial charge in [-0.05, 0) is 36.5 Å². The maximum atomic E-state index is 11.8. The molecule has 5 nitrogen and oxygen atoms in total. The molecule has 0 fully saturated rings. The first kappa shape index (κ1) is 17.0. The number of anilines is 1. The molecular weight excluding hydrogens is 268 g/mol. The molecule has 1 rings (SSSR count). The summed E-state index contributed by atoms with van der Waals surface area (Å²) in [5.74, 6) is -1.48. The normalized spacial score (nSPS) is 12.6. The van der Waals surface area contributed by atoms with Gasteiger partial charge in [0.05, 0.1) is 5.92 Å². The highest BCUT2D eigenvalue weighted by Crippen LogP contribution is 2.24. The van der Waals surface area contributed by atoms with Crippen LogP contribution in [0, 0.1) is 18.3 Å². The van der Waals surface area contributed by atoms with Crippen molar-refractivity contribution in [3.63, 3.8) is 0 Å². The number of hydrogen-bond donors (Lipinski definition) is 3. The lowest BCUT2D eigenvalue weighted by Gasteiger charge is -2.23. The van der Waals surface area contributed by atoms with E-state index >= 15 is 0 Å². The Morgan fingerprint density at radius 1 is 1.29 bits per heavy atom. The fourth-order valence-corrected chi connectivity index (χ4v) is 2.10. The van der Waals surface area contributed by atoms with Crippen molar-refractivity contribution in [2.75, 3.05) is 11.9 Å². The van der Waals surface area contributed by atoms with E-state index in [0.717, 1.165) is 5.56 Å². The van der Waals surface area contributed by atoms with Gasteiger partial charge in [-0.2, -0.15) is 0 Å². The van der Waals surface area contributed by atoms with Crippen LogP contribution in [0.3, 0.4) is 0 Å². The Bertz CT molecular complexity index is 506. The number of urea groups is 1. The van der Waals surface area contributed by atoms with Crippen molar-refractivity contribution in [1.82, 2.24) is 5.32 Å². The van der Waals surface area contributed by atoms with Crippen LogP contribution in [0.25, 0.3) is 0 Å². The summed E-state index contributed by atoms with van der Waals surface area (Å²) >= 11 is 0. The van der Waals surface area contributed by atoms with Crippen LogP contribution in [0.1, 0.15) is 32.8 Å². The molecule has 0 aliphatic heterocycles. The van der Waals surface area contributed by atoms with Gasteiger partial charge in [-0.1, -0.05) is 32.9 Å². The Kier molecular flexibility index (Phi) is 5.76. The minimum Gasteiger partial charge on any atom is -0.481 e. The first-order valence-electron chi connectivity index (χ1n) is 7.02. The zero-order chi connectivity index (χ0) is 16.0. The summed E-state index contributed by atoms with van der Waals surface area (Å²) in [4.78, 5) is 23.0. The van der Waals surface area contributed by atoms with Crippen LogP contribution >= 0.6 is 0 Å². The molecule has 2 amide bonds. The van der Waals surface area contributed by atoms with E-state index in [9.17, 15) is 14.7 Å². The predicted molar refractivity (Wildman–Crippen MR) is 83.4 cm³/mol. The number of nitrogens with one attached hydrogen (secondary N) is 2. The van der Waals surface area contributed by atoms with E-state index in [2.05, 4.69) is 10.6 Å². The molecule has 5 heteroatoms. The van der Waals surface area contributed by atoms with E-state index < -0.39 is 11.9 Å². The third-order valence-corrected chi connectivity index (χ3v) is 2.99. The lowest BCUT2D eigenvalue weighted by molar-refractivity contribution is -0.142. The molecule has 1 aromatic rings. The SMILES string of the molecule is Cc1cccc(NC(=O)NCC(CC(C)(C)C)C(=O)O)c1. The molecule has 0 radical (unpaired) electrons. The summed E-state index contributed by atoms with van der Waals surface area (Å²) in [5, 5.41) is 14.5. The van der Waals surface area contributed by atoms with Crippen molar-refractivity contribution in [2.45, 2.75) is 34.1 Å². The van der Waals surface area contributed by atoms with Gasteiger partial charge in [0.2, 0.25) is 0 Å². The van der Waals surface area contributed by atoms with Gasteiger partial charge < -0.3 is 15.7 Å². The topological polar surface area (TPSA) is 78.4 Å². The summed E-state index contributed by atoms with van der Waals surface area (Å²) in [6.45, 7) is 8.00. The smallest absolute Gasteiger partial charge is 0.319 e. The first-order chi connectivity index (χ1) is 9.67. The molecule has 1 unspecified atom stereocenters. The van der Waals surface area contributed by atoms with Gasteiger partial charge >= 0.3 is 12.0 Å². The van der Waals surface area contributed by atoms with Crippen LogP contribution in [0.15, 0.2) is 24.3 Å². The Balaban J connectivity index is 2.52. The van der Waals surface area contributed by atoms with Crippen molar-refractivity contribution in [3.05, 3.63) is 29.8 Å². The van der Waals surface area contributed by atoms with Gasteiger partial charge in [0.15, 0.2) is 0 Å². The molecule has 1 aromatic carbocycles. The number of hydrogen-bond acceptors (Lipinski definition) is 2. The molecule has 0 aromatic heterocycles. The molecule has 0 spiro atoms. The standard InChI is InChI=1S/C16H24N2O3/c1-11-6-5-7-13(8-11)18-15(21)17-10-12(14(19)20)9-16(2,3)4/h5-8,12H,9-10H2,1-4H3,(H,19,20)(H2,17,18,21). The van der Waals surface area contributed by atoms with Gasteiger partial charge in [0.1, 0.15) is 0 Å². The number of benzene rings is 1. The summed E-state index contributed by atoms with van der Waals surface area (Å²) < 4.78 is 0. The van der Waals surface area contributed by atoms with E-state index in [-0.39, 0.29) is 18.0 Å². The molecule has 0 heterocycles. The lowest BCUT2D eigenvalue weighted by Crippen LogP contribution is -2.37. The highest BCUT2D eigenvalue weighted by atomic mass is 16.4. The van der Waals surface area contributed by atoms with E-state index in [1.165, 1.54) is 0 Å². The van der Waals surface area contributed by atoms with Crippen molar-refractivity contribution in [2.24, 2.45) is 11.3 Å². The van der Waals surface area contributed by atoms with Crippen molar-refractivity contribution < 1.29 is 14.7 Å². The first-order valence-corrected chi connectivity index (χ1v) is 7.02. The zero-order valence-corrected chi connectivity index (χ0v) is 13.1. The molecule has 0 saturated heterocycles. The van der Waals surface area contributed by atoms with Crippen LogP contribution < -0.4 is 10.6 Å². The van der Waals surface area contributed by atoms with Gasteiger partial charge in [0, 0.05) is 12.2 Å². The minimum absolute atomic E-state index is 0.0994. The Morgan fingerprint density at radius 3 is 2.48 bits per heavy atom. The summed E-state index contributed by atoms with van der Waals surface area (Å²) in [6, 6.07) is 7.04. The largest absolute Gasteiger partial charge is 0.481 e. The summed E-state index contributed by atoms with van der Waals surface area (Å²) in [5.41, 5.74) is 1.64. The van der Waals surface area contributed by atoms with E-state index in [1.807, 2.05) is 45.9 Å². The maximum absolute atomic E-state index is 11.8. The Hall–Kier alpha value is -2.04. The second kappa shape index (κ2) is 7.11. The lowest BCUT2D eigenvalue weighted by atomic mass is 9.84. The fourth-order valence-electron chi connectivity index (χ4n) is 2.10. The van der Waals surface area contributed by atoms with E-state index in [4.69, 9.17) is 0 Å². The molecule has 21 heavy (non-hydrogen) atoms. The number of aliphatic carboxylic acids is 1. The quantitative estimate of drug-likeness (QED) is 0.779. The van der Waals surface area contributed by atoms with Crippen LogP contribution in [-0.4, -0.2) is 23.7 Å². The summed E-state index contributed by atoms with van der Waals surface area (Å²) in [7, 11) is 0. The van der Waals surface area contributed by atoms with Crippen molar-refractivity contribution in [3.8, 4) is 0 Å². The third kappa shape index (κ3) is 6.79. The average Bonchev–Trinajstić information content (AvgIpc) is 2.32. The third-order valence-electron chi connectivity index (χ3n) is 2.99. The molecule has 0 aliphatic rings. The zero-order valence-electron chi connectivity index (χ0n) is 13.1. The number of carbonyl (C=O) groups is 2. The van der Waals surface area contributed by atoms with E-state index in [0.29, 0.717) is 12.1 Å². The second-order valence-corrected chi connectivity index (χ2v) is 6.50. The number of aryl methyl sites for hydroxylation is 1. The van der Waals surface area contributed by atoms with Gasteiger partial charge in [-0.15, -0.1) is 0 Å². The number of carboxylic acids is 1. The molecule has 0 aliphatic carbocycles. The molecular formula is C16H24N2O3. The van der Waals surface area contributed by atoms with Gasteiger partial charge in [0.25, 0.3) is 0 Å². The Morgan fingerprint density at radius 2 is 1.95 bits per heavy atom. The number of rotatable bonds is 5. The van der Waals surface area contributed by atoms with Gasteiger partial charge in [-0.25, -0.2) is 4.79 Å². The highest BCUT2D eigenvalue weighted by Gasteiger charge is 2.24. The van der Waals surface area contributed by atoms with Crippen LogP contribution in [0.2, 0.25) is 0 Å². The fraction of sp³-hybridized carbons (Fsp3) is 0.500. The van der Waals surface area contributed by atoms with Crippen molar-refractivity contribution in [1.29, 1.82) is 0 Å². The van der Waals surface area contributed by atoms with Crippen molar-refractivity contribution >= 4 is 17.7 Å². The molecule has 0 saturated carbocycles.